The molecular formula is C14H23NOS. The number of carbonyl (C=O) groups is 1. The van der Waals surface area contributed by atoms with Gasteiger partial charge in [0.15, 0.2) is 5.78 Å². The second-order valence-corrected chi connectivity index (χ2v) is 4.15. The first-order valence-electron chi connectivity index (χ1n) is 6.19. The zero-order valence-corrected chi connectivity index (χ0v) is 12.5. The minimum Gasteiger partial charge on any atom is -0.292 e. The molecule has 0 N–H and O–H groups in total. The highest BCUT2D eigenvalue weighted by atomic mass is 32.1. The number of carbonyl (C=O) groups excluding carboxylic acids is 1. The summed E-state index contributed by atoms with van der Waals surface area (Å²) in [4.78, 5) is 13.4. The molecule has 17 heavy (non-hydrogen) atoms. The van der Waals surface area contributed by atoms with Crippen LogP contribution in [0.3, 0.4) is 0 Å². The normalized spacial score (nSPS) is 9.94. The molecule has 1 rings (SSSR count). The van der Waals surface area contributed by atoms with Gasteiger partial charge >= 0.3 is 0 Å². The Balaban J connectivity index is 0. The largest absolute Gasteiger partial charge is 0.292 e. The standard InChI is InChI=1S/C10H11NOS.2C2H6/c1-3-8(6-11)10(12)9-5-4-7(2)13-9;2*1-2/h4-5,8H,3H2,1-2H3;2*1-2H3. The van der Waals surface area contributed by atoms with Gasteiger partial charge in [-0.1, -0.05) is 34.6 Å². The molecule has 1 heterocycles. The molecule has 0 radical (unpaired) electrons. The van der Waals surface area contributed by atoms with Crippen molar-refractivity contribution in [1.29, 1.82) is 5.26 Å². The van der Waals surface area contributed by atoms with E-state index in [0.29, 0.717) is 11.3 Å². The fourth-order valence-corrected chi connectivity index (χ4v) is 1.94. The number of rotatable bonds is 3. The minimum absolute atomic E-state index is 0.0388. The van der Waals surface area contributed by atoms with Gasteiger partial charge in [0.2, 0.25) is 0 Å². The van der Waals surface area contributed by atoms with E-state index in [0.717, 1.165) is 4.88 Å². The molecule has 96 valence electrons. The van der Waals surface area contributed by atoms with Crippen LogP contribution in [0.15, 0.2) is 12.1 Å². The summed E-state index contributed by atoms with van der Waals surface area (Å²) in [5, 5.41) is 8.70. The highest BCUT2D eigenvalue weighted by molar-refractivity contribution is 7.14. The Morgan fingerprint density at radius 3 is 2.18 bits per heavy atom. The summed E-state index contributed by atoms with van der Waals surface area (Å²) in [6.07, 6.45) is 0.590. The fraction of sp³-hybridized carbons (Fsp3) is 0.571. The maximum atomic E-state index is 11.6. The van der Waals surface area contributed by atoms with Crippen molar-refractivity contribution < 1.29 is 4.79 Å². The van der Waals surface area contributed by atoms with E-state index in [1.807, 2.05) is 53.7 Å². The number of hydrogen-bond donors (Lipinski definition) is 0. The lowest BCUT2D eigenvalue weighted by Gasteiger charge is -2.00. The third-order valence-electron chi connectivity index (χ3n) is 1.86. The molecule has 2 nitrogen and oxygen atoms in total. The van der Waals surface area contributed by atoms with E-state index < -0.39 is 5.92 Å². The number of ketones is 1. The van der Waals surface area contributed by atoms with E-state index in [-0.39, 0.29) is 5.78 Å². The highest BCUT2D eigenvalue weighted by Gasteiger charge is 2.18. The van der Waals surface area contributed by atoms with Gasteiger partial charge in [-0.25, -0.2) is 0 Å². The van der Waals surface area contributed by atoms with E-state index in [9.17, 15) is 4.79 Å². The second kappa shape index (κ2) is 11.3. The molecule has 1 unspecified atom stereocenters. The van der Waals surface area contributed by atoms with Crippen LogP contribution in [0.4, 0.5) is 0 Å². The fourth-order valence-electron chi connectivity index (χ4n) is 1.07. The van der Waals surface area contributed by atoms with E-state index in [1.54, 1.807) is 6.07 Å². The zero-order valence-electron chi connectivity index (χ0n) is 11.7. The minimum atomic E-state index is -0.474. The van der Waals surface area contributed by atoms with Crippen molar-refractivity contribution in [2.24, 2.45) is 5.92 Å². The monoisotopic (exact) mass is 253 g/mol. The summed E-state index contributed by atoms with van der Waals surface area (Å²) in [6.45, 7) is 11.8. The Morgan fingerprint density at radius 2 is 1.88 bits per heavy atom. The predicted molar refractivity (Wildman–Crippen MR) is 75.5 cm³/mol. The molecule has 1 atom stereocenters. The molecule has 0 bridgehead atoms. The van der Waals surface area contributed by atoms with Gasteiger partial charge in [-0.3, -0.25) is 4.79 Å². The van der Waals surface area contributed by atoms with Crippen LogP contribution >= 0.6 is 11.3 Å². The van der Waals surface area contributed by atoms with Crippen molar-refractivity contribution in [3.05, 3.63) is 21.9 Å². The quantitative estimate of drug-likeness (QED) is 0.723. The summed E-state index contributed by atoms with van der Waals surface area (Å²) < 4.78 is 0. The van der Waals surface area contributed by atoms with Crippen LogP contribution in [0.25, 0.3) is 0 Å². The van der Waals surface area contributed by atoms with E-state index in [4.69, 9.17) is 5.26 Å². The van der Waals surface area contributed by atoms with Crippen molar-refractivity contribution in [2.45, 2.75) is 48.0 Å². The smallest absolute Gasteiger partial charge is 0.189 e. The Bertz CT molecular complexity index is 349. The van der Waals surface area contributed by atoms with Crippen LogP contribution in [0.1, 0.15) is 55.6 Å². The zero-order chi connectivity index (χ0) is 13.8. The molecule has 0 fully saturated rings. The Labute approximate surface area is 109 Å². The molecule has 3 heteroatoms. The first-order chi connectivity index (χ1) is 8.19. The first-order valence-corrected chi connectivity index (χ1v) is 7.01. The van der Waals surface area contributed by atoms with E-state index in [2.05, 4.69) is 0 Å². The molecule has 0 saturated carbocycles. The van der Waals surface area contributed by atoms with Crippen LogP contribution in [-0.2, 0) is 0 Å². The number of hydrogen-bond acceptors (Lipinski definition) is 3. The van der Waals surface area contributed by atoms with Crippen LogP contribution in [0.2, 0.25) is 0 Å². The summed E-state index contributed by atoms with van der Waals surface area (Å²) in [6, 6.07) is 5.72. The highest BCUT2D eigenvalue weighted by Crippen LogP contribution is 2.20. The maximum absolute atomic E-state index is 11.6. The Morgan fingerprint density at radius 1 is 1.35 bits per heavy atom. The van der Waals surface area contributed by atoms with Gasteiger partial charge in [0.05, 0.1) is 10.9 Å². The summed E-state index contributed by atoms with van der Waals surface area (Å²) in [5.74, 6) is -0.513. The second-order valence-electron chi connectivity index (χ2n) is 2.86. The summed E-state index contributed by atoms with van der Waals surface area (Å²) in [7, 11) is 0. The van der Waals surface area contributed by atoms with Gasteiger partial charge in [-0.2, -0.15) is 5.26 Å². The van der Waals surface area contributed by atoms with E-state index in [1.165, 1.54) is 11.3 Å². The molecule has 0 aliphatic rings. The lowest BCUT2D eigenvalue weighted by Crippen LogP contribution is -2.09. The van der Waals surface area contributed by atoms with Gasteiger partial charge in [0, 0.05) is 4.88 Å². The topological polar surface area (TPSA) is 40.9 Å². The van der Waals surface area contributed by atoms with Gasteiger partial charge < -0.3 is 0 Å². The average molecular weight is 253 g/mol. The molecule has 0 aromatic carbocycles. The van der Waals surface area contributed by atoms with Crippen molar-refractivity contribution in [3.8, 4) is 6.07 Å². The number of thiophene rings is 1. The van der Waals surface area contributed by atoms with Gasteiger partial charge in [0.1, 0.15) is 5.92 Å². The van der Waals surface area contributed by atoms with Crippen molar-refractivity contribution >= 4 is 17.1 Å². The van der Waals surface area contributed by atoms with E-state index >= 15 is 0 Å². The molecule has 0 saturated heterocycles. The molecule has 0 spiro atoms. The number of nitrogens with zero attached hydrogens (tertiary/aromatic N) is 1. The van der Waals surface area contributed by atoms with Crippen LogP contribution in [0.5, 0.6) is 0 Å². The number of nitriles is 1. The number of aryl methyl sites for hydroxylation is 1. The van der Waals surface area contributed by atoms with Crippen molar-refractivity contribution in [3.63, 3.8) is 0 Å². The van der Waals surface area contributed by atoms with Gasteiger partial charge in [-0.15, -0.1) is 11.3 Å². The van der Waals surface area contributed by atoms with Gasteiger partial charge in [-0.05, 0) is 25.5 Å². The van der Waals surface area contributed by atoms with Gasteiger partial charge in [0.25, 0.3) is 0 Å². The maximum Gasteiger partial charge on any atom is 0.189 e. The molecule has 0 aliphatic carbocycles. The predicted octanol–water partition coefficient (Wildman–Crippen LogP) is 4.84. The van der Waals surface area contributed by atoms with Crippen LogP contribution in [0, 0.1) is 24.2 Å². The Kier molecular flexibility index (Phi) is 12.2. The molecular weight excluding hydrogens is 230 g/mol. The summed E-state index contributed by atoms with van der Waals surface area (Å²) in [5.41, 5.74) is 0. The third-order valence-corrected chi connectivity index (χ3v) is 2.88. The molecule has 1 aromatic rings. The summed E-state index contributed by atoms with van der Waals surface area (Å²) >= 11 is 1.45. The Hall–Kier alpha value is -1.14. The van der Waals surface area contributed by atoms with Crippen molar-refractivity contribution in [2.75, 3.05) is 0 Å². The first kappa shape index (κ1) is 18.2. The average Bonchev–Trinajstić information content (AvgIpc) is 2.82. The SMILES string of the molecule is CC.CC.CCC(C#N)C(=O)c1ccc(C)s1. The van der Waals surface area contributed by atoms with Crippen LogP contribution in [-0.4, -0.2) is 5.78 Å². The molecule has 0 amide bonds. The van der Waals surface area contributed by atoms with Crippen LogP contribution < -0.4 is 0 Å². The van der Waals surface area contributed by atoms with Crippen molar-refractivity contribution in [1.82, 2.24) is 0 Å². The molecule has 0 aliphatic heterocycles. The molecule has 1 aromatic heterocycles. The third kappa shape index (κ3) is 6.23. The lowest BCUT2D eigenvalue weighted by molar-refractivity contribution is 0.0950. The lowest BCUT2D eigenvalue weighted by atomic mass is 10.0. The number of Topliss-reactive ketones (excluding diaryl/α,β-unsaturated/α-hetero) is 1.